The quantitative estimate of drug-likeness (QED) is 0.718. The molecule has 68 valence electrons. The van der Waals surface area contributed by atoms with Gasteiger partial charge in [0.2, 0.25) is 0 Å². The Labute approximate surface area is 78.0 Å². The van der Waals surface area contributed by atoms with Gasteiger partial charge in [0.05, 0.1) is 0 Å². The monoisotopic (exact) mass is 197 g/mol. The largest absolute Gasteiger partial charge is 0.379 e. The van der Waals surface area contributed by atoms with Crippen LogP contribution in [0.15, 0.2) is 11.7 Å². The molecule has 2 aromatic rings. The van der Waals surface area contributed by atoms with E-state index < -0.39 is 6.10 Å². The van der Waals surface area contributed by atoms with Gasteiger partial charge in [0.15, 0.2) is 11.9 Å². The molecule has 0 aliphatic carbocycles. The molecule has 0 aromatic carbocycles. The number of aliphatic hydroxyl groups is 1. The second-order valence-electron chi connectivity index (χ2n) is 2.47. The van der Waals surface area contributed by atoms with Crippen molar-refractivity contribution in [1.82, 2.24) is 24.4 Å². The van der Waals surface area contributed by atoms with Crippen LogP contribution in [0.2, 0.25) is 0 Å². The van der Waals surface area contributed by atoms with Gasteiger partial charge in [0.1, 0.15) is 12.0 Å². The second kappa shape index (κ2) is 3.19. The third-order valence-corrected chi connectivity index (χ3v) is 2.17. The summed E-state index contributed by atoms with van der Waals surface area (Å²) in [5, 5.41) is 19.0. The fourth-order valence-electron chi connectivity index (χ4n) is 0.976. The van der Waals surface area contributed by atoms with E-state index in [1.165, 1.54) is 22.5 Å². The molecule has 1 N–H and O–H groups in total. The SMILES string of the molecule is Cn1ncnc1C(O)c1csnn1. The van der Waals surface area contributed by atoms with Gasteiger partial charge in [-0.05, 0) is 11.5 Å². The molecule has 0 aliphatic heterocycles. The van der Waals surface area contributed by atoms with Crippen LogP contribution in [0.4, 0.5) is 0 Å². The number of nitrogens with zero attached hydrogens (tertiary/aromatic N) is 5. The Morgan fingerprint density at radius 3 is 3.00 bits per heavy atom. The van der Waals surface area contributed by atoms with Gasteiger partial charge in [-0.15, -0.1) is 5.10 Å². The van der Waals surface area contributed by atoms with Crippen LogP contribution in [0.5, 0.6) is 0 Å². The topological polar surface area (TPSA) is 76.7 Å². The van der Waals surface area contributed by atoms with Crippen LogP contribution in [0.3, 0.4) is 0 Å². The van der Waals surface area contributed by atoms with Crippen LogP contribution in [0, 0.1) is 0 Å². The Morgan fingerprint density at radius 1 is 1.62 bits per heavy atom. The third-order valence-electron chi connectivity index (χ3n) is 1.65. The van der Waals surface area contributed by atoms with Crippen LogP contribution >= 0.6 is 11.5 Å². The molecule has 0 bridgehead atoms. The highest BCUT2D eigenvalue weighted by Gasteiger charge is 2.17. The summed E-state index contributed by atoms with van der Waals surface area (Å²) in [6.45, 7) is 0. The Morgan fingerprint density at radius 2 is 2.46 bits per heavy atom. The minimum atomic E-state index is -0.841. The maximum Gasteiger partial charge on any atom is 0.161 e. The lowest BCUT2D eigenvalue weighted by Gasteiger charge is -2.04. The fraction of sp³-hybridized carbons (Fsp3) is 0.333. The molecule has 2 rings (SSSR count). The zero-order valence-electron chi connectivity index (χ0n) is 6.82. The van der Waals surface area contributed by atoms with Gasteiger partial charge in [0, 0.05) is 12.4 Å². The van der Waals surface area contributed by atoms with Crippen molar-refractivity contribution in [2.24, 2.45) is 7.05 Å². The molecule has 0 amide bonds. The summed E-state index contributed by atoms with van der Waals surface area (Å²) >= 11 is 1.19. The lowest BCUT2D eigenvalue weighted by Crippen LogP contribution is -2.08. The van der Waals surface area contributed by atoms with E-state index in [9.17, 15) is 5.11 Å². The van der Waals surface area contributed by atoms with Crippen LogP contribution in [-0.2, 0) is 7.05 Å². The Kier molecular flexibility index (Phi) is 2.03. The van der Waals surface area contributed by atoms with Crippen molar-refractivity contribution in [3.8, 4) is 0 Å². The van der Waals surface area contributed by atoms with Gasteiger partial charge >= 0.3 is 0 Å². The Bertz CT molecular complexity index is 383. The van der Waals surface area contributed by atoms with E-state index in [0.717, 1.165) is 0 Å². The number of aliphatic hydroxyl groups excluding tert-OH is 1. The first-order valence-corrected chi connectivity index (χ1v) is 4.41. The number of hydrogen-bond acceptors (Lipinski definition) is 6. The highest BCUT2D eigenvalue weighted by atomic mass is 32.1. The third kappa shape index (κ3) is 1.43. The minimum Gasteiger partial charge on any atom is -0.379 e. The van der Waals surface area contributed by atoms with Crippen LogP contribution < -0.4 is 0 Å². The van der Waals surface area contributed by atoms with Crippen molar-refractivity contribution in [1.29, 1.82) is 0 Å². The number of aryl methyl sites for hydroxylation is 1. The summed E-state index contributed by atoms with van der Waals surface area (Å²) in [5.74, 6) is 0.465. The molecule has 6 nitrogen and oxygen atoms in total. The van der Waals surface area contributed by atoms with E-state index in [-0.39, 0.29) is 0 Å². The van der Waals surface area contributed by atoms with Gasteiger partial charge in [-0.2, -0.15) is 5.10 Å². The molecule has 0 saturated heterocycles. The van der Waals surface area contributed by atoms with Crippen LogP contribution in [0.25, 0.3) is 0 Å². The molecule has 1 unspecified atom stereocenters. The molecule has 0 radical (unpaired) electrons. The van der Waals surface area contributed by atoms with E-state index in [2.05, 4.69) is 19.7 Å². The molecule has 7 heteroatoms. The summed E-state index contributed by atoms with van der Waals surface area (Å²) in [6.07, 6.45) is 0.546. The van der Waals surface area contributed by atoms with E-state index in [4.69, 9.17) is 0 Å². The molecule has 0 fully saturated rings. The van der Waals surface area contributed by atoms with E-state index in [0.29, 0.717) is 11.5 Å². The number of hydrogen-bond donors (Lipinski definition) is 1. The van der Waals surface area contributed by atoms with E-state index >= 15 is 0 Å². The highest BCUT2D eigenvalue weighted by Crippen LogP contribution is 2.17. The van der Waals surface area contributed by atoms with Crippen molar-refractivity contribution in [3.05, 3.63) is 23.2 Å². The Hall–Kier alpha value is -1.34. The first kappa shape index (κ1) is 8.27. The van der Waals surface area contributed by atoms with Crippen molar-refractivity contribution >= 4 is 11.5 Å². The standard InChI is InChI=1S/C6H7N5OS/c1-11-6(7-3-8-11)5(12)4-2-13-10-9-4/h2-3,5,12H,1H3. The first-order chi connectivity index (χ1) is 6.29. The minimum absolute atomic E-state index is 0.465. The van der Waals surface area contributed by atoms with Gasteiger partial charge < -0.3 is 5.11 Å². The van der Waals surface area contributed by atoms with Gasteiger partial charge in [-0.3, -0.25) is 4.68 Å². The lowest BCUT2D eigenvalue weighted by molar-refractivity contribution is 0.199. The van der Waals surface area contributed by atoms with Gasteiger partial charge in [0.25, 0.3) is 0 Å². The Balaban J connectivity index is 2.33. The summed E-state index contributed by atoms with van der Waals surface area (Å²) in [5.41, 5.74) is 0.501. The maximum absolute atomic E-state index is 9.73. The van der Waals surface area contributed by atoms with Gasteiger partial charge in [-0.1, -0.05) is 4.49 Å². The lowest BCUT2D eigenvalue weighted by atomic mass is 10.3. The molecule has 2 aromatic heterocycles. The van der Waals surface area contributed by atoms with Crippen molar-refractivity contribution in [2.45, 2.75) is 6.10 Å². The molecule has 0 aliphatic rings. The number of aromatic nitrogens is 5. The zero-order valence-corrected chi connectivity index (χ0v) is 7.64. The molecular weight excluding hydrogens is 190 g/mol. The molecule has 0 saturated carbocycles. The molecule has 13 heavy (non-hydrogen) atoms. The molecule has 2 heterocycles. The van der Waals surface area contributed by atoms with E-state index in [1.54, 1.807) is 12.4 Å². The second-order valence-corrected chi connectivity index (χ2v) is 3.08. The highest BCUT2D eigenvalue weighted by molar-refractivity contribution is 7.03. The first-order valence-electron chi connectivity index (χ1n) is 3.58. The average Bonchev–Trinajstić information content (AvgIpc) is 2.72. The molecular formula is C6H7N5OS. The smallest absolute Gasteiger partial charge is 0.161 e. The summed E-state index contributed by atoms with van der Waals surface area (Å²) in [4.78, 5) is 3.91. The maximum atomic E-state index is 9.73. The van der Waals surface area contributed by atoms with E-state index in [1.807, 2.05) is 0 Å². The normalized spacial score (nSPS) is 13.1. The van der Waals surface area contributed by atoms with Crippen molar-refractivity contribution in [2.75, 3.05) is 0 Å². The van der Waals surface area contributed by atoms with Crippen LogP contribution in [0.1, 0.15) is 17.6 Å². The molecule has 1 atom stereocenters. The van der Waals surface area contributed by atoms with Gasteiger partial charge in [-0.25, -0.2) is 4.98 Å². The van der Waals surface area contributed by atoms with Crippen molar-refractivity contribution in [3.63, 3.8) is 0 Å². The fourth-order valence-corrected chi connectivity index (χ4v) is 1.45. The predicted molar refractivity (Wildman–Crippen MR) is 45.0 cm³/mol. The summed E-state index contributed by atoms with van der Waals surface area (Å²) in [6, 6.07) is 0. The number of rotatable bonds is 2. The van der Waals surface area contributed by atoms with Crippen LogP contribution in [-0.4, -0.2) is 29.5 Å². The predicted octanol–water partition coefficient (Wildman–Crippen LogP) is -0.252. The zero-order chi connectivity index (χ0) is 9.26. The molecule has 0 spiro atoms. The average molecular weight is 197 g/mol. The summed E-state index contributed by atoms with van der Waals surface area (Å²) in [7, 11) is 1.71. The van der Waals surface area contributed by atoms with Crippen molar-refractivity contribution < 1.29 is 5.11 Å². The summed E-state index contributed by atoms with van der Waals surface area (Å²) < 4.78 is 5.16.